The molecular weight excluding hydrogens is 436 g/mol. The molecule has 7 nitrogen and oxygen atoms in total. The standard InChI is InChI=1S/C22H26N2O5S2/c1-13-9-16(5-6-18(13)15(3)25)29-11-17-10-24(7-8-28-17)22(30)23-19-14(2)12-31-20(19)21(26)27-4/h5-6,9,12,17H,7-8,10-11H2,1-4H3,(H,23,30). The van der Waals surface area contributed by atoms with Crippen molar-refractivity contribution >= 4 is 46.1 Å². The summed E-state index contributed by atoms with van der Waals surface area (Å²) in [5, 5.41) is 5.63. The third-order valence-electron chi connectivity index (χ3n) is 5.02. The first-order valence-corrected chi connectivity index (χ1v) is 11.2. The SMILES string of the molecule is COC(=O)c1scc(C)c1NC(=S)N1CCOC(COc2ccc(C(C)=O)c(C)c2)C1. The number of esters is 1. The number of thiocarbonyl (C=S) groups is 1. The molecule has 3 rings (SSSR count). The number of Topliss-reactive ketones (excluding diaryl/α,β-unsaturated/α-hetero) is 1. The Balaban J connectivity index is 1.59. The van der Waals surface area contributed by atoms with Crippen LogP contribution in [0, 0.1) is 13.8 Å². The Bertz CT molecular complexity index is 988. The lowest BCUT2D eigenvalue weighted by Gasteiger charge is -2.34. The molecule has 1 aliphatic rings. The number of ketones is 1. The fourth-order valence-electron chi connectivity index (χ4n) is 3.34. The van der Waals surface area contributed by atoms with Crippen LogP contribution in [0.2, 0.25) is 0 Å². The highest BCUT2D eigenvalue weighted by molar-refractivity contribution is 7.80. The summed E-state index contributed by atoms with van der Waals surface area (Å²) in [6, 6.07) is 5.43. The summed E-state index contributed by atoms with van der Waals surface area (Å²) >= 11 is 6.92. The van der Waals surface area contributed by atoms with E-state index in [0.29, 0.717) is 53.3 Å². The van der Waals surface area contributed by atoms with Crippen LogP contribution < -0.4 is 10.1 Å². The first-order valence-electron chi connectivity index (χ1n) is 9.88. The lowest BCUT2D eigenvalue weighted by molar-refractivity contribution is -0.0280. The van der Waals surface area contributed by atoms with Gasteiger partial charge in [0.1, 0.15) is 23.3 Å². The van der Waals surface area contributed by atoms with Crippen molar-refractivity contribution in [1.29, 1.82) is 0 Å². The number of hydrogen-bond donors (Lipinski definition) is 1. The smallest absolute Gasteiger partial charge is 0.350 e. The van der Waals surface area contributed by atoms with E-state index in [1.165, 1.54) is 18.4 Å². The summed E-state index contributed by atoms with van der Waals surface area (Å²) in [7, 11) is 1.36. The number of ether oxygens (including phenoxy) is 3. The second kappa shape index (κ2) is 10.2. The van der Waals surface area contributed by atoms with E-state index in [-0.39, 0.29) is 17.9 Å². The molecule has 0 bridgehead atoms. The average Bonchev–Trinajstić information content (AvgIpc) is 3.11. The van der Waals surface area contributed by atoms with Gasteiger partial charge in [0.25, 0.3) is 0 Å². The lowest BCUT2D eigenvalue weighted by Crippen LogP contribution is -2.49. The van der Waals surface area contributed by atoms with Crippen LogP contribution in [-0.4, -0.2) is 61.3 Å². The first-order chi connectivity index (χ1) is 14.8. The number of carbonyl (C=O) groups excluding carboxylic acids is 2. The Morgan fingerprint density at radius 3 is 2.77 bits per heavy atom. The second-order valence-corrected chi connectivity index (χ2v) is 8.59. The number of nitrogens with zero attached hydrogens (tertiary/aromatic N) is 1. The summed E-state index contributed by atoms with van der Waals surface area (Å²) in [5.74, 6) is 0.343. The van der Waals surface area contributed by atoms with E-state index in [4.69, 9.17) is 26.4 Å². The van der Waals surface area contributed by atoms with Gasteiger partial charge in [-0.2, -0.15) is 0 Å². The van der Waals surface area contributed by atoms with Crippen LogP contribution in [0.4, 0.5) is 5.69 Å². The molecule has 0 spiro atoms. The molecule has 166 valence electrons. The summed E-state index contributed by atoms with van der Waals surface area (Å²) in [5.41, 5.74) is 3.19. The van der Waals surface area contributed by atoms with Gasteiger partial charge < -0.3 is 24.4 Å². The molecule has 1 saturated heterocycles. The Morgan fingerprint density at radius 2 is 2.10 bits per heavy atom. The van der Waals surface area contributed by atoms with E-state index >= 15 is 0 Å². The molecule has 0 aliphatic carbocycles. The number of nitrogens with one attached hydrogen (secondary N) is 1. The van der Waals surface area contributed by atoms with Gasteiger partial charge in [-0.15, -0.1) is 11.3 Å². The number of thiophene rings is 1. The van der Waals surface area contributed by atoms with E-state index in [2.05, 4.69) is 5.32 Å². The van der Waals surface area contributed by atoms with Crippen molar-refractivity contribution in [3.8, 4) is 5.75 Å². The van der Waals surface area contributed by atoms with E-state index in [1.807, 2.05) is 30.2 Å². The zero-order valence-corrected chi connectivity index (χ0v) is 19.7. The topological polar surface area (TPSA) is 77.1 Å². The van der Waals surface area contributed by atoms with Crippen molar-refractivity contribution in [2.24, 2.45) is 0 Å². The Hall–Kier alpha value is -2.49. The summed E-state index contributed by atoms with van der Waals surface area (Å²) < 4.78 is 16.6. The molecule has 1 unspecified atom stereocenters. The predicted octanol–water partition coefficient (Wildman–Crippen LogP) is 3.83. The number of rotatable bonds is 6. The minimum absolute atomic E-state index is 0.0348. The lowest BCUT2D eigenvalue weighted by atomic mass is 10.1. The summed E-state index contributed by atoms with van der Waals surface area (Å²) in [6.07, 6.45) is -0.162. The van der Waals surface area contributed by atoms with Crippen molar-refractivity contribution in [2.75, 3.05) is 38.7 Å². The Kier molecular flexibility index (Phi) is 7.64. The molecule has 1 N–H and O–H groups in total. The van der Waals surface area contributed by atoms with Gasteiger partial charge in [0.15, 0.2) is 10.9 Å². The van der Waals surface area contributed by atoms with Crippen molar-refractivity contribution in [3.05, 3.63) is 45.1 Å². The maximum absolute atomic E-state index is 12.0. The molecule has 31 heavy (non-hydrogen) atoms. The summed E-state index contributed by atoms with van der Waals surface area (Å²) in [6.45, 7) is 7.45. The molecule has 1 atom stereocenters. The highest BCUT2D eigenvalue weighted by Crippen LogP contribution is 2.29. The number of benzene rings is 1. The van der Waals surface area contributed by atoms with Crippen molar-refractivity contribution in [2.45, 2.75) is 26.9 Å². The minimum atomic E-state index is -0.386. The normalized spacial score (nSPS) is 16.0. The van der Waals surface area contributed by atoms with Crippen molar-refractivity contribution in [1.82, 2.24) is 4.90 Å². The molecule has 9 heteroatoms. The maximum Gasteiger partial charge on any atom is 0.350 e. The van der Waals surface area contributed by atoms with Crippen LogP contribution in [0.15, 0.2) is 23.6 Å². The van der Waals surface area contributed by atoms with Gasteiger partial charge in [-0.3, -0.25) is 4.79 Å². The zero-order chi connectivity index (χ0) is 22.5. The number of aryl methyl sites for hydroxylation is 2. The molecule has 2 aromatic rings. The van der Waals surface area contributed by atoms with Gasteiger partial charge in [-0.25, -0.2) is 4.79 Å². The van der Waals surface area contributed by atoms with Crippen molar-refractivity contribution in [3.63, 3.8) is 0 Å². The largest absolute Gasteiger partial charge is 0.491 e. The number of anilines is 1. The van der Waals surface area contributed by atoms with Crippen molar-refractivity contribution < 1.29 is 23.8 Å². The zero-order valence-electron chi connectivity index (χ0n) is 18.0. The molecule has 0 amide bonds. The molecule has 1 aromatic heterocycles. The number of carbonyl (C=O) groups is 2. The Morgan fingerprint density at radius 1 is 1.32 bits per heavy atom. The number of methoxy groups -OCH3 is 1. The molecule has 0 radical (unpaired) electrons. The van der Waals surface area contributed by atoms with E-state index < -0.39 is 0 Å². The minimum Gasteiger partial charge on any atom is -0.491 e. The number of hydrogen-bond acceptors (Lipinski definition) is 7. The van der Waals surface area contributed by atoms with Crippen LogP contribution in [0.5, 0.6) is 5.75 Å². The molecular formula is C22H26N2O5S2. The van der Waals surface area contributed by atoms with E-state index in [9.17, 15) is 9.59 Å². The van der Waals surface area contributed by atoms with Gasteiger partial charge >= 0.3 is 5.97 Å². The third-order valence-corrected chi connectivity index (χ3v) is 6.45. The molecule has 1 aromatic carbocycles. The van der Waals surface area contributed by atoms with Gasteiger partial charge in [0.05, 0.1) is 19.4 Å². The van der Waals surface area contributed by atoms with Crippen LogP contribution >= 0.6 is 23.6 Å². The third kappa shape index (κ3) is 5.61. The van der Waals surface area contributed by atoms with Gasteiger partial charge in [-0.1, -0.05) is 0 Å². The first kappa shape index (κ1) is 23.2. The van der Waals surface area contributed by atoms with Crippen LogP contribution in [0.1, 0.15) is 38.1 Å². The highest BCUT2D eigenvalue weighted by Gasteiger charge is 2.25. The fraction of sp³-hybridized carbons (Fsp3) is 0.409. The molecule has 1 fully saturated rings. The number of morpholine rings is 1. The molecule has 0 saturated carbocycles. The van der Waals surface area contributed by atoms with E-state index in [1.54, 1.807) is 19.1 Å². The quantitative estimate of drug-likeness (QED) is 0.394. The predicted molar refractivity (Wildman–Crippen MR) is 125 cm³/mol. The highest BCUT2D eigenvalue weighted by atomic mass is 32.1. The van der Waals surface area contributed by atoms with Gasteiger partial charge in [0, 0.05) is 18.7 Å². The molecule has 1 aliphatic heterocycles. The maximum atomic E-state index is 12.0. The monoisotopic (exact) mass is 462 g/mol. The van der Waals surface area contributed by atoms with Crippen LogP contribution in [-0.2, 0) is 9.47 Å². The van der Waals surface area contributed by atoms with E-state index in [0.717, 1.165) is 11.1 Å². The van der Waals surface area contributed by atoms with Crippen LogP contribution in [0.3, 0.4) is 0 Å². The fourth-order valence-corrected chi connectivity index (χ4v) is 4.53. The Labute approximate surface area is 191 Å². The van der Waals surface area contributed by atoms with Gasteiger partial charge in [-0.05, 0) is 67.7 Å². The van der Waals surface area contributed by atoms with Gasteiger partial charge in [0.2, 0.25) is 0 Å². The second-order valence-electron chi connectivity index (χ2n) is 7.33. The summed E-state index contributed by atoms with van der Waals surface area (Å²) in [4.78, 5) is 26.1. The van der Waals surface area contributed by atoms with Crippen LogP contribution in [0.25, 0.3) is 0 Å². The molecule has 2 heterocycles. The average molecular weight is 463 g/mol.